The van der Waals surface area contributed by atoms with Crippen molar-refractivity contribution in [1.29, 1.82) is 0 Å². The molecule has 1 saturated carbocycles. The number of likely N-dealkylation sites (tertiary alicyclic amines) is 1. The first-order chi connectivity index (χ1) is 21.0. The van der Waals surface area contributed by atoms with Crippen molar-refractivity contribution in [3.63, 3.8) is 0 Å². The van der Waals surface area contributed by atoms with E-state index in [0.29, 0.717) is 25.1 Å². The number of piperidine rings is 1. The summed E-state index contributed by atoms with van der Waals surface area (Å²) in [6.07, 6.45) is 9.59. The number of carbonyl (C=O) groups is 1. The predicted octanol–water partition coefficient (Wildman–Crippen LogP) is 4.47. The van der Waals surface area contributed by atoms with Gasteiger partial charge in [-0.05, 0) is 36.6 Å². The molecule has 226 valence electrons. The quantitative estimate of drug-likeness (QED) is 0.324. The molecular formula is C33H40N6O4. The summed E-state index contributed by atoms with van der Waals surface area (Å²) < 4.78 is 14.8. The van der Waals surface area contributed by atoms with Gasteiger partial charge in [-0.1, -0.05) is 12.1 Å². The van der Waals surface area contributed by atoms with E-state index in [2.05, 4.69) is 61.7 Å². The fourth-order valence-electron chi connectivity index (χ4n) is 6.74. The number of nitrogens with zero attached hydrogens (tertiary/aromatic N) is 6. The van der Waals surface area contributed by atoms with Crippen LogP contribution < -0.4 is 4.74 Å². The van der Waals surface area contributed by atoms with Crippen LogP contribution in [0.15, 0.2) is 55.0 Å². The Labute approximate surface area is 251 Å². The number of carboxylic acid groups (broad SMARTS) is 1. The fourth-order valence-corrected chi connectivity index (χ4v) is 6.74. The van der Waals surface area contributed by atoms with Gasteiger partial charge < -0.3 is 28.9 Å². The monoisotopic (exact) mass is 584 g/mol. The smallest absolute Gasteiger partial charge is 0.407 e. The third-order valence-electron chi connectivity index (χ3n) is 9.51. The molecule has 3 aliphatic rings. The van der Waals surface area contributed by atoms with Crippen LogP contribution in [0.1, 0.15) is 25.7 Å². The molecule has 10 heteroatoms. The number of amides is 1. The topological polar surface area (TPSA) is 96.2 Å². The molecule has 2 aliphatic heterocycles. The molecule has 0 radical (unpaired) electrons. The molecule has 1 N–H and O–H groups in total. The number of ether oxygens (including phenoxy) is 2. The van der Waals surface area contributed by atoms with Crippen molar-refractivity contribution in [1.82, 2.24) is 29.2 Å². The van der Waals surface area contributed by atoms with Crippen LogP contribution in [0.4, 0.5) is 4.79 Å². The third-order valence-corrected chi connectivity index (χ3v) is 9.51. The van der Waals surface area contributed by atoms with Crippen molar-refractivity contribution in [2.75, 3.05) is 52.4 Å². The summed E-state index contributed by atoms with van der Waals surface area (Å²) in [6, 6.07) is 12.7. The maximum Gasteiger partial charge on any atom is 0.407 e. The zero-order chi connectivity index (χ0) is 29.3. The number of aromatic nitrogens is 3. The van der Waals surface area contributed by atoms with Gasteiger partial charge in [0.25, 0.3) is 0 Å². The van der Waals surface area contributed by atoms with Gasteiger partial charge in [-0.25, -0.2) is 9.78 Å². The van der Waals surface area contributed by atoms with E-state index in [1.54, 1.807) is 0 Å². The second kappa shape index (κ2) is 12.1. The van der Waals surface area contributed by atoms with Gasteiger partial charge in [0, 0.05) is 119 Å². The molecule has 4 aromatic rings. The minimum atomic E-state index is -0.804. The lowest BCUT2D eigenvalue weighted by Gasteiger charge is -2.40. The zero-order valence-corrected chi connectivity index (χ0v) is 24.8. The number of aryl methyl sites for hydroxylation is 1. The fraction of sp³-hybridized carbons (Fsp3) is 0.485. The highest BCUT2D eigenvalue weighted by molar-refractivity contribution is 6.08. The molecule has 3 aromatic heterocycles. The molecule has 0 unspecified atom stereocenters. The first-order valence-electron chi connectivity index (χ1n) is 15.5. The van der Waals surface area contributed by atoms with Crippen molar-refractivity contribution in [3.8, 4) is 17.0 Å². The Morgan fingerprint density at radius 1 is 0.837 bits per heavy atom. The van der Waals surface area contributed by atoms with E-state index < -0.39 is 6.09 Å². The number of fused-ring (bicyclic) bond motifs is 3. The Morgan fingerprint density at radius 3 is 2.30 bits per heavy atom. The van der Waals surface area contributed by atoms with E-state index in [0.717, 1.165) is 76.1 Å². The Kier molecular flexibility index (Phi) is 7.90. The first-order valence-corrected chi connectivity index (χ1v) is 15.5. The zero-order valence-electron chi connectivity index (χ0n) is 24.8. The average Bonchev–Trinajstić information content (AvgIpc) is 3.31. The van der Waals surface area contributed by atoms with Gasteiger partial charge in [-0.2, -0.15) is 0 Å². The van der Waals surface area contributed by atoms with E-state index in [1.165, 1.54) is 26.7 Å². The van der Waals surface area contributed by atoms with Crippen LogP contribution in [0.5, 0.6) is 5.88 Å². The van der Waals surface area contributed by atoms with Crippen molar-refractivity contribution >= 4 is 27.9 Å². The van der Waals surface area contributed by atoms with Crippen LogP contribution in [0, 0.1) is 0 Å². The molecule has 1 aliphatic carbocycles. The molecule has 7 rings (SSSR count). The van der Waals surface area contributed by atoms with Gasteiger partial charge in [0.15, 0.2) is 0 Å². The lowest BCUT2D eigenvalue weighted by atomic mass is 9.91. The largest absolute Gasteiger partial charge is 0.474 e. The summed E-state index contributed by atoms with van der Waals surface area (Å²) in [7, 11) is 2.10. The van der Waals surface area contributed by atoms with Crippen LogP contribution in [-0.4, -0.2) is 111 Å². The summed E-state index contributed by atoms with van der Waals surface area (Å²) in [6.45, 7) is 7.06. The van der Waals surface area contributed by atoms with E-state index in [-0.39, 0.29) is 12.2 Å². The summed E-state index contributed by atoms with van der Waals surface area (Å²) in [4.78, 5) is 26.4. The average molecular weight is 585 g/mol. The molecule has 10 nitrogen and oxygen atoms in total. The number of benzene rings is 1. The van der Waals surface area contributed by atoms with Gasteiger partial charge in [0.2, 0.25) is 5.88 Å². The highest BCUT2D eigenvalue weighted by Crippen LogP contribution is 2.33. The van der Waals surface area contributed by atoms with Crippen molar-refractivity contribution < 1.29 is 19.4 Å². The van der Waals surface area contributed by atoms with Gasteiger partial charge in [-0.15, -0.1) is 0 Å². The van der Waals surface area contributed by atoms with Gasteiger partial charge >= 0.3 is 6.09 Å². The van der Waals surface area contributed by atoms with Crippen LogP contribution >= 0.6 is 0 Å². The Balaban J connectivity index is 0.833. The minimum Gasteiger partial charge on any atom is -0.474 e. The summed E-state index contributed by atoms with van der Waals surface area (Å²) in [5, 5.41) is 11.5. The lowest BCUT2D eigenvalue weighted by Crippen LogP contribution is -2.50. The normalized spacial score (nSPS) is 22.2. The maximum atomic E-state index is 11.1. The van der Waals surface area contributed by atoms with E-state index in [9.17, 15) is 4.79 Å². The van der Waals surface area contributed by atoms with E-state index in [1.807, 2.05) is 24.7 Å². The summed E-state index contributed by atoms with van der Waals surface area (Å²) in [5.74, 6) is 0.668. The number of pyridine rings is 2. The number of rotatable bonds is 8. The molecule has 0 bridgehead atoms. The molecule has 2 saturated heterocycles. The van der Waals surface area contributed by atoms with Crippen LogP contribution in [0.25, 0.3) is 32.9 Å². The van der Waals surface area contributed by atoms with Crippen LogP contribution in [-0.2, 0) is 11.8 Å². The Hall–Kier alpha value is -3.73. The second-order valence-electron chi connectivity index (χ2n) is 12.2. The molecule has 1 amide bonds. The van der Waals surface area contributed by atoms with Gasteiger partial charge in [0.05, 0.1) is 17.7 Å². The summed E-state index contributed by atoms with van der Waals surface area (Å²) in [5.41, 5.74) is 4.56. The van der Waals surface area contributed by atoms with Gasteiger partial charge in [0.1, 0.15) is 6.10 Å². The number of hydrogen-bond acceptors (Lipinski definition) is 7. The van der Waals surface area contributed by atoms with E-state index in [4.69, 9.17) is 14.6 Å². The maximum absolute atomic E-state index is 11.1. The molecule has 0 spiro atoms. The molecular weight excluding hydrogens is 544 g/mol. The third kappa shape index (κ3) is 6.04. The molecule has 1 aromatic carbocycles. The lowest BCUT2D eigenvalue weighted by molar-refractivity contribution is -0.111. The van der Waals surface area contributed by atoms with Crippen molar-refractivity contribution in [3.05, 3.63) is 55.0 Å². The van der Waals surface area contributed by atoms with Gasteiger partial charge in [-0.3, -0.25) is 9.88 Å². The highest BCUT2D eigenvalue weighted by atomic mass is 16.5. The predicted molar refractivity (Wildman–Crippen MR) is 165 cm³/mol. The van der Waals surface area contributed by atoms with Crippen LogP contribution in [0.2, 0.25) is 0 Å². The standard InChI is InChI=1S/C33H40N6O4/c1-36-30-6-9-34-22-29(30)28-4-2-23(18-31(28)36)24-3-5-32(35-21-24)43-27-19-26(20-27)42-25-7-10-37(11-8-25)12-13-38-14-16-39(17-15-38)33(40)41/h2-6,9,18,21-22,25-27H,7-8,10-17,19-20H2,1H3,(H,40,41). The minimum absolute atomic E-state index is 0.158. The van der Waals surface area contributed by atoms with Crippen LogP contribution in [0.3, 0.4) is 0 Å². The summed E-state index contributed by atoms with van der Waals surface area (Å²) >= 11 is 0. The molecule has 3 fully saturated rings. The second-order valence-corrected chi connectivity index (χ2v) is 12.2. The molecule has 5 heterocycles. The number of piperazine rings is 1. The van der Waals surface area contributed by atoms with E-state index >= 15 is 0 Å². The molecule has 43 heavy (non-hydrogen) atoms. The highest BCUT2D eigenvalue weighted by Gasteiger charge is 2.35. The van der Waals surface area contributed by atoms with Crippen molar-refractivity contribution in [2.45, 2.75) is 44.0 Å². The Morgan fingerprint density at radius 2 is 1.58 bits per heavy atom. The molecule has 0 atom stereocenters. The Bertz CT molecular complexity index is 1570. The SMILES string of the molecule is Cn1c2ccncc2c2ccc(-c3ccc(OC4CC(OC5CCN(CCN6CCN(C(=O)O)CC6)CC5)C4)nc3)cc21. The van der Waals surface area contributed by atoms with Crippen molar-refractivity contribution in [2.24, 2.45) is 7.05 Å². The first kappa shape index (κ1) is 28.1. The number of hydrogen-bond donors (Lipinski definition) is 1.